The van der Waals surface area contributed by atoms with Gasteiger partial charge in [0.1, 0.15) is 12.2 Å². The van der Waals surface area contributed by atoms with Gasteiger partial charge in [0.05, 0.1) is 19.8 Å². The molecule has 5 nitrogen and oxygen atoms in total. The molecule has 0 N–H and O–H groups in total. The predicted molar refractivity (Wildman–Crippen MR) is 89.7 cm³/mol. The third-order valence-corrected chi connectivity index (χ3v) is 4.43. The van der Waals surface area contributed by atoms with Gasteiger partial charge in [-0.2, -0.15) is 0 Å². The number of benzene rings is 2. The first-order chi connectivity index (χ1) is 12.3. The molecule has 2 aliphatic heterocycles. The molecular weight excluding hydrogens is 320 g/mol. The Bertz CT molecular complexity index is 703. The summed E-state index contributed by atoms with van der Waals surface area (Å²) in [6.07, 6.45) is -2.38. The van der Waals surface area contributed by atoms with Crippen LogP contribution in [0, 0.1) is 0 Å². The molecule has 2 fully saturated rings. The minimum absolute atomic E-state index is 0.109. The van der Waals surface area contributed by atoms with Crippen LogP contribution in [0.25, 0.3) is 0 Å². The summed E-state index contributed by atoms with van der Waals surface area (Å²) in [7, 11) is 0. The summed E-state index contributed by atoms with van der Waals surface area (Å²) in [5, 5.41) is 0. The number of carbonyl (C=O) groups is 1. The van der Waals surface area contributed by atoms with Crippen LogP contribution in [0.15, 0.2) is 60.7 Å². The van der Waals surface area contributed by atoms with Crippen molar-refractivity contribution in [3.8, 4) is 0 Å². The monoisotopic (exact) mass is 340 g/mol. The van der Waals surface area contributed by atoms with Gasteiger partial charge in [-0.3, -0.25) is 4.79 Å². The zero-order valence-electron chi connectivity index (χ0n) is 13.7. The van der Waals surface area contributed by atoms with E-state index in [-0.39, 0.29) is 12.4 Å². The molecule has 4 atom stereocenters. The minimum Gasteiger partial charge on any atom is -0.365 e. The molecule has 0 unspecified atom stereocenters. The van der Waals surface area contributed by atoms with Crippen LogP contribution in [-0.4, -0.2) is 37.0 Å². The fourth-order valence-electron chi connectivity index (χ4n) is 3.10. The Labute approximate surface area is 146 Å². The molecule has 0 spiro atoms. The van der Waals surface area contributed by atoms with Gasteiger partial charge in [-0.1, -0.05) is 60.7 Å². The number of rotatable bonds is 6. The van der Waals surface area contributed by atoms with E-state index in [0.717, 1.165) is 11.1 Å². The number of Topliss-reactive ketones (excluding diaryl/α,β-unsaturated/α-hetero) is 1. The van der Waals surface area contributed by atoms with Crippen molar-refractivity contribution in [2.45, 2.75) is 37.8 Å². The third kappa shape index (κ3) is 3.65. The Morgan fingerprint density at radius 1 is 0.880 bits per heavy atom. The maximum atomic E-state index is 12.6. The SMILES string of the molecule is O=C1[C@H]2CO[C@H](O2)[C@H](OCc2ccccc2)[C@H]1OCc1ccccc1. The van der Waals surface area contributed by atoms with Crippen molar-refractivity contribution in [2.24, 2.45) is 0 Å². The van der Waals surface area contributed by atoms with Crippen molar-refractivity contribution in [3.63, 3.8) is 0 Å². The fraction of sp³-hybridized carbons (Fsp3) is 0.350. The molecule has 130 valence electrons. The molecule has 2 saturated heterocycles. The lowest BCUT2D eigenvalue weighted by Crippen LogP contribution is -2.53. The highest BCUT2D eigenvalue weighted by Gasteiger charge is 2.51. The molecule has 2 aliphatic rings. The molecule has 2 aromatic carbocycles. The molecule has 5 heteroatoms. The molecule has 0 amide bonds. The van der Waals surface area contributed by atoms with Crippen LogP contribution in [0.5, 0.6) is 0 Å². The van der Waals surface area contributed by atoms with Crippen LogP contribution < -0.4 is 0 Å². The number of fused-ring (bicyclic) bond motifs is 2. The highest BCUT2D eigenvalue weighted by molar-refractivity contribution is 5.89. The second-order valence-corrected chi connectivity index (χ2v) is 6.21. The zero-order chi connectivity index (χ0) is 17.1. The van der Waals surface area contributed by atoms with Gasteiger partial charge in [-0.15, -0.1) is 0 Å². The van der Waals surface area contributed by atoms with Crippen LogP contribution >= 0.6 is 0 Å². The summed E-state index contributed by atoms with van der Waals surface area (Å²) < 4.78 is 23.1. The third-order valence-electron chi connectivity index (χ3n) is 4.43. The van der Waals surface area contributed by atoms with Crippen molar-refractivity contribution < 1.29 is 23.7 Å². The van der Waals surface area contributed by atoms with Gasteiger partial charge < -0.3 is 18.9 Å². The molecule has 0 aromatic heterocycles. The quantitative estimate of drug-likeness (QED) is 0.809. The molecule has 2 heterocycles. The Morgan fingerprint density at radius 3 is 2.12 bits per heavy atom. The number of carbonyl (C=O) groups excluding carboxylic acids is 1. The largest absolute Gasteiger partial charge is 0.365 e. The molecular formula is C20H20O5. The van der Waals surface area contributed by atoms with Crippen molar-refractivity contribution in [1.82, 2.24) is 0 Å². The summed E-state index contributed by atoms with van der Waals surface area (Å²) >= 11 is 0. The smallest absolute Gasteiger partial charge is 0.195 e. The maximum absolute atomic E-state index is 12.6. The summed E-state index contributed by atoms with van der Waals surface area (Å²) in [5.74, 6) is -0.109. The molecule has 0 aliphatic carbocycles. The van der Waals surface area contributed by atoms with E-state index in [2.05, 4.69) is 0 Å². The van der Waals surface area contributed by atoms with Gasteiger partial charge in [0.2, 0.25) is 0 Å². The molecule has 0 saturated carbocycles. The molecule has 2 aromatic rings. The van der Waals surface area contributed by atoms with E-state index in [4.69, 9.17) is 18.9 Å². The maximum Gasteiger partial charge on any atom is 0.195 e. The summed E-state index contributed by atoms with van der Waals surface area (Å²) in [6, 6.07) is 19.6. The van der Waals surface area contributed by atoms with E-state index >= 15 is 0 Å². The fourth-order valence-corrected chi connectivity index (χ4v) is 3.10. The van der Waals surface area contributed by atoms with Gasteiger partial charge in [-0.05, 0) is 11.1 Å². The molecule has 0 radical (unpaired) electrons. The topological polar surface area (TPSA) is 54.0 Å². The van der Waals surface area contributed by atoms with Crippen molar-refractivity contribution in [1.29, 1.82) is 0 Å². The van der Waals surface area contributed by atoms with Gasteiger partial charge >= 0.3 is 0 Å². The first-order valence-electron chi connectivity index (χ1n) is 8.43. The average molecular weight is 340 g/mol. The highest BCUT2D eigenvalue weighted by atomic mass is 16.7. The predicted octanol–water partition coefficient (Wildman–Crippen LogP) is 2.48. The number of ether oxygens (including phenoxy) is 4. The Hall–Kier alpha value is -2.05. The van der Waals surface area contributed by atoms with Crippen LogP contribution in [0.3, 0.4) is 0 Å². The second-order valence-electron chi connectivity index (χ2n) is 6.21. The van der Waals surface area contributed by atoms with E-state index in [9.17, 15) is 4.79 Å². The summed E-state index contributed by atoms with van der Waals surface area (Å²) in [6.45, 7) is 0.986. The van der Waals surface area contributed by atoms with Crippen molar-refractivity contribution in [2.75, 3.05) is 6.61 Å². The van der Waals surface area contributed by atoms with E-state index < -0.39 is 24.6 Å². The minimum atomic E-state index is -0.685. The first kappa shape index (κ1) is 16.4. The Morgan fingerprint density at radius 2 is 1.48 bits per heavy atom. The number of hydrogen-bond donors (Lipinski definition) is 0. The van der Waals surface area contributed by atoms with Crippen LogP contribution in [0.4, 0.5) is 0 Å². The standard InChI is InChI=1S/C20H20O5/c21-17-16-13-24-20(25-16)19(23-12-15-9-5-2-6-10-15)18(17)22-11-14-7-3-1-4-8-14/h1-10,16,18-20H,11-13H2/t16-,18+,19-,20-/m1/s1. The van der Waals surface area contributed by atoms with Crippen LogP contribution in [0.1, 0.15) is 11.1 Å². The highest BCUT2D eigenvalue weighted by Crippen LogP contribution is 2.30. The summed E-state index contributed by atoms with van der Waals surface area (Å²) in [4.78, 5) is 12.6. The van der Waals surface area contributed by atoms with E-state index in [1.807, 2.05) is 60.7 Å². The van der Waals surface area contributed by atoms with Gasteiger partial charge in [0.25, 0.3) is 0 Å². The lowest BCUT2D eigenvalue weighted by Gasteiger charge is -2.33. The van der Waals surface area contributed by atoms with Gasteiger partial charge in [-0.25, -0.2) is 0 Å². The average Bonchev–Trinajstić information content (AvgIpc) is 3.11. The van der Waals surface area contributed by atoms with Crippen LogP contribution in [0.2, 0.25) is 0 Å². The van der Waals surface area contributed by atoms with E-state index in [0.29, 0.717) is 13.2 Å². The molecule has 25 heavy (non-hydrogen) atoms. The molecule has 4 rings (SSSR count). The first-order valence-corrected chi connectivity index (χ1v) is 8.43. The second kappa shape index (κ2) is 7.45. The normalized spacial score (nSPS) is 28.2. The Kier molecular flexibility index (Phi) is 4.90. The van der Waals surface area contributed by atoms with Crippen LogP contribution in [-0.2, 0) is 37.0 Å². The zero-order valence-corrected chi connectivity index (χ0v) is 13.7. The lowest BCUT2D eigenvalue weighted by atomic mass is 10.0. The van der Waals surface area contributed by atoms with Crippen molar-refractivity contribution >= 4 is 5.78 Å². The Balaban J connectivity index is 1.46. The van der Waals surface area contributed by atoms with Crippen molar-refractivity contribution in [3.05, 3.63) is 71.8 Å². The van der Waals surface area contributed by atoms with E-state index in [1.54, 1.807) is 0 Å². The van der Waals surface area contributed by atoms with Gasteiger partial charge in [0, 0.05) is 0 Å². The lowest BCUT2D eigenvalue weighted by molar-refractivity contribution is -0.221. The molecule has 2 bridgehead atoms. The number of hydrogen-bond acceptors (Lipinski definition) is 5. The summed E-state index contributed by atoms with van der Waals surface area (Å²) in [5.41, 5.74) is 2.04. The number of ketones is 1. The van der Waals surface area contributed by atoms with E-state index in [1.165, 1.54) is 0 Å². The van der Waals surface area contributed by atoms with Gasteiger partial charge in [0.15, 0.2) is 18.2 Å².